The number of amides is 2. The minimum absolute atomic E-state index is 0.0149. The molecule has 0 saturated heterocycles. The second-order valence-electron chi connectivity index (χ2n) is 8.72. The van der Waals surface area contributed by atoms with Crippen LogP contribution in [0.5, 0.6) is 5.75 Å². The zero-order chi connectivity index (χ0) is 28.4. The van der Waals surface area contributed by atoms with Gasteiger partial charge < -0.3 is 15.0 Å². The van der Waals surface area contributed by atoms with E-state index in [1.165, 1.54) is 29.2 Å². The number of rotatable bonds is 13. The van der Waals surface area contributed by atoms with Crippen molar-refractivity contribution in [1.82, 2.24) is 10.2 Å². The van der Waals surface area contributed by atoms with Crippen molar-refractivity contribution in [3.63, 3.8) is 0 Å². The zero-order valence-electron chi connectivity index (χ0n) is 22.3. The number of sulfonamides is 1. The van der Waals surface area contributed by atoms with E-state index in [0.29, 0.717) is 30.3 Å². The Balaban J connectivity index is 2.04. The van der Waals surface area contributed by atoms with Crippen LogP contribution in [0.2, 0.25) is 5.02 Å². The van der Waals surface area contributed by atoms with Crippen molar-refractivity contribution in [2.24, 2.45) is 0 Å². The van der Waals surface area contributed by atoms with Crippen LogP contribution in [-0.4, -0.2) is 50.9 Å². The Labute approximate surface area is 235 Å². The van der Waals surface area contributed by atoms with E-state index in [9.17, 15) is 18.0 Å². The predicted octanol–water partition coefficient (Wildman–Crippen LogP) is 4.88. The number of likely N-dealkylation sites (N-methyl/N-ethyl adjacent to an activating group) is 1. The number of benzene rings is 3. The zero-order valence-corrected chi connectivity index (χ0v) is 23.9. The molecular weight excluding hydrogens is 538 g/mol. The maximum absolute atomic E-state index is 13.9. The summed E-state index contributed by atoms with van der Waals surface area (Å²) in [6.45, 7) is 5.97. The number of nitrogens with zero attached hydrogens (tertiary/aromatic N) is 2. The summed E-state index contributed by atoms with van der Waals surface area (Å²) < 4.78 is 34.3. The van der Waals surface area contributed by atoms with Crippen molar-refractivity contribution < 1.29 is 22.7 Å². The lowest BCUT2D eigenvalue weighted by molar-refractivity contribution is -0.140. The molecule has 0 fully saturated rings. The summed E-state index contributed by atoms with van der Waals surface area (Å²) in [5.41, 5.74) is 1.11. The first kappa shape index (κ1) is 30.0. The molecule has 3 aromatic rings. The molecule has 8 nitrogen and oxygen atoms in total. The molecule has 0 aliphatic rings. The van der Waals surface area contributed by atoms with Crippen molar-refractivity contribution in [3.05, 3.63) is 89.4 Å². The summed E-state index contributed by atoms with van der Waals surface area (Å²) >= 11 is 5.99. The van der Waals surface area contributed by atoms with Crippen LogP contribution in [0.15, 0.2) is 83.8 Å². The molecule has 0 aromatic heterocycles. The molecule has 2 amide bonds. The smallest absolute Gasteiger partial charge is 0.264 e. The van der Waals surface area contributed by atoms with Crippen LogP contribution in [0, 0.1) is 0 Å². The van der Waals surface area contributed by atoms with E-state index in [-0.39, 0.29) is 23.0 Å². The summed E-state index contributed by atoms with van der Waals surface area (Å²) in [7, 11) is -4.17. The van der Waals surface area contributed by atoms with E-state index in [4.69, 9.17) is 16.3 Å². The first-order valence-electron chi connectivity index (χ1n) is 12.8. The van der Waals surface area contributed by atoms with E-state index < -0.39 is 28.5 Å². The molecule has 10 heteroatoms. The third kappa shape index (κ3) is 7.74. The number of hydrogen-bond donors (Lipinski definition) is 1. The van der Waals surface area contributed by atoms with Crippen LogP contribution in [0.3, 0.4) is 0 Å². The molecule has 3 rings (SSSR count). The lowest BCUT2D eigenvalue weighted by atomic mass is 10.1. The SMILES string of the molecule is CCNC(=O)C(CC)N(Cc1ccccc1)C(=O)CN(c1ccc(OCC)cc1)S(=O)(=O)c1ccc(Cl)cc1. The van der Waals surface area contributed by atoms with Gasteiger partial charge in [0.2, 0.25) is 11.8 Å². The highest BCUT2D eigenvalue weighted by molar-refractivity contribution is 7.92. The van der Waals surface area contributed by atoms with Crippen LogP contribution in [-0.2, 0) is 26.2 Å². The molecule has 1 N–H and O–H groups in total. The highest BCUT2D eigenvalue weighted by Gasteiger charge is 2.33. The fraction of sp³-hybridized carbons (Fsp3) is 0.310. The van der Waals surface area contributed by atoms with Gasteiger partial charge in [0.1, 0.15) is 18.3 Å². The fourth-order valence-corrected chi connectivity index (χ4v) is 5.67. The van der Waals surface area contributed by atoms with Gasteiger partial charge in [-0.05, 0) is 74.4 Å². The molecule has 0 saturated carbocycles. The van der Waals surface area contributed by atoms with Crippen molar-refractivity contribution in [2.75, 3.05) is 24.0 Å². The van der Waals surface area contributed by atoms with Crippen LogP contribution < -0.4 is 14.4 Å². The Hall–Kier alpha value is -3.56. The normalized spacial score (nSPS) is 11.9. The van der Waals surface area contributed by atoms with E-state index in [0.717, 1.165) is 9.87 Å². The Bertz CT molecular complexity index is 1330. The van der Waals surface area contributed by atoms with Crippen molar-refractivity contribution in [3.8, 4) is 5.75 Å². The van der Waals surface area contributed by atoms with Gasteiger partial charge in [-0.25, -0.2) is 8.42 Å². The third-order valence-corrected chi connectivity index (χ3v) is 8.09. The van der Waals surface area contributed by atoms with Gasteiger partial charge in [-0.2, -0.15) is 0 Å². The van der Waals surface area contributed by atoms with E-state index in [1.54, 1.807) is 31.2 Å². The van der Waals surface area contributed by atoms with Crippen molar-refractivity contribution in [1.29, 1.82) is 0 Å². The molecule has 1 atom stereocenters. The van der Waals surface area contributed by atoms with Gasteiger partial charge in [0.05, 0.1) is 17.2 Å². The molecule has 39 heavy (non-hydrogen) atoms. The largest absolute Gasteiger partial charge is 0.494 e. The highest BCUT2D eigenvalue weighted by atomic mass is 35.5. The maximum atomic E-state index is 13.9. The summed E-state index contributed by atoms with van der Waals surface area (Å²) in [4.78, 5) is 28.3. The van der Waals surface area contributed by atoms with Gasteiger partial charge >= 0.3 is 0 Å². The van der Waals surface area contributed by atoms with Gasteiger partial charge in [-0.3, -0.25) is 13.9 Å². The van der Waals surface area contributed by atoms with Crippen LogP contribution in [0.25, 0.3) is 0 Å². The summed E-state index contributed by atoms with van der Waals surface area (Å²) in [5.74, 6) is -0.231. The van der Waals surface area contributed by atoms with Gasteiger partial charge in [0.25, 0.3) is 10.0 Å². The van der Waals surface area contributed by atoms with Gasteiger partial charge in [0.15, 0.2) is 0 Å². The first-order valence-corrected chi connectivity index (χ1v) is 14.6. The standard InChI is InChI=1S/C29H34ClN3O5S/c1-4-27(29(35)31-5-2)32(20-22-10-8-7-9-11-22)28(34)21-33(24-14-16-25(17-15-24)38-6-3)39(36,37)26-18-12-23(30)13-19-26/h7-19,27H,4-6,20-21H2,1-3H3,(H,31,35). The van der Waals surface area contributed by atoms with E-state index in [1.807, 2.05) is 44.2 Å². The lowest BCUT2D eigenvalue weighted by Crippen LogP contribution is -2.52. The van der Waals surface area contributed by atoms with Crippen LogP contribution in [0.4, 0.5) is 5.69 Å². The Morgan fingerprint density at radius 1 is 0.923 bits per heavy atom. The van der Waals surface area contributed by atoms with Gasteiger partial charge in [0, 0.05) is 18.1 Å². The monoisotopic (exact) mass is 571 g/mol. The third-order valence-electron chi connectivity index (χ3n) is 6.05. The average Bonchev–Trinajstić information content (AvgIpc) is 2.93. The second-order valence-corrected chi connectivity index (χ2v) is 11.0. The molecule has 208 valence electrons. The fourth-order valence-electron chi connectivity index (χ4n) is 4.13. The number of carbonyl (C=O) groups is 2. The minimum atomic E-state index is -4.17. The van der Waals surface area contributed by atoms with Crippen molar-refractivity contribution in [2.45, 2.75) is 44.7 Å². The van der Waals surface area contributed by atoms with E-state index >= 15 is 0 Å². The van der Waals surface area contributed by atoms with Crippen LogP contribution >= 0.6 is 11.6 Å². The number of nitrogens with one attached hydrogen (secondary N) is 1. The molecular formula is C29H34ClN3O5S. The maximum Gasteiger partial charge on any atom is 0.264 e. The number of ether oxygens (including phenoxy) is 1. The molecule has 0 bridgehead atoms. The predicted molar refractivity (Wildman–Crippen MR) is 153 cm³/mol. The first-order chi connectivity index (χ1) is 18.7. The van der Waals surface area contributed by atoms with Crippen LogP contribution in [0.1, 0.15) is 32.8 Å². The molecule has 0 heterocycles. The van der Waals surface area contributed by atoms with Crippen molar-refractivity contribution >= 4 is 39.1 Å². The molecule has 0 aliphatic carbocycles. The lowest BCUT2D eigenvalue weighted by Gasteiger charge is -2.33. The van der Waals surface area contributed by atoms with Gasteiger partial charge in [-0.1, -0.05) is 48.9 Å². The highest BCUT2D eigenvalue weighted by Crippen LogP contribution is 2.27. The summed E-state index contributed by atoms with van der Waals surface area (Å²) in [6.07, 6.45) is 0.359. The number of carbonyl (C=O) groups excluding carboxylic acids is 2. The molecule has 3 aromatic carbocycles. The second kappa shape index (κ2) is 14.0. The Kier molecular flexibility index (Phi) is 10.8. The molecule has 1 unspecified atom stereocenters. The number of anilines is 1. The Morgan fingerprint density at radius 2 is 1.56 bits per heavy atom. The number of halogens is 1. The Morgan fingerprint density at radius 3 is 2.13 bits per heavy atom. The molecule has 0 aliphatic heterocycles. The number of hydrogen-bond acceptors (Lipinski definition) is 5. The summed E-state index contributed by atoms with van der Waals surface area (Å²) in [6, 6.07) is 20.8. The molecule has 0 radical (unpaired) electrons. The topological polar surface area (TPSA) is 96.0 Å². The van der Waals surface area contributed by atoms with Gasteiger partial charge in [-0.15, -0.1) is 0 Å². The quantitative estimate of drug-likeness (QED) is 0.315. The summed E-state index contributed by atoms with van der Waals surface area (Å²) in [5, 5.41) is 3.18. The average molecular weight is 572 g/mol. The minimum Gasteiger partial charge on any atom is -0.494 e. The molecule has 0 spiro atoms. The van der Waals surface area contributed by atoms with E-state index in [2.05, 4.69) is 5.32 Å².